The Bertz CT molecular complexity index is 607. The Balaban J connectivity index is 1.84. The van der Waals surface area contributed by atoms with Gasteiger partial charge in [0.2, 0.25) is 11.8 Å². The maximum absolute atomic E-state index is 12.6. The number of hydrogen-bond acceptors (Lipinski definition) is 3. The van der Waals surface area contributed by atoms with Gasteiger partial charge in [-0.25, -0.2) is 0 Å². The molecule has 5 heteroatoms. The molecule has 150 valence electrons. The molecule has 0 saturated carbocycles. The first-order chi connectivity index (χ1) is 12.8. The molecule has 1 unspecified atom stereocenters. The molecule has 1 aromatic rings. The second-order valence-electron chi connectivity index (χ2n) is 8.21. The van der Waals surface area contributed by atoms with Crippen LogP contribution in [0.5, 0.6) is 0 Å². The Morgan fingerprint density at radius 1 is 1.11 bits per heavy atom. The summed E-state index contributed by atoms with van der Waals surface area (Å²) in [5.41, 5.74) is 1.21. The van der Waals surface area contributed by atoms with Gasteiger partial charge in [0.25, 0.3) is 0 Å². The van der Waals surface area contributed by atoms with E-state index in [0.29, 0.717) is 25.6 Å². The van der Waals surface area contributed by atoms with Crippen molar-refractivity contribution in [2.24, 2.45) is 11.8 Å². The molecule has 1 aromatic carbocycles. The molecule has 5 nitrogen and oxygen atoms in total. The zero-order chi connectivity index (χ0) is 20.0. The molecule has 0 bridgehead atoms. The van der Waals surface area contributed by atoms with E-state index < -0.39 is 0 Å². The van der Waals surface area contributed by atoms with E-state index in [1.54, 1.807) is 0 Å². The number of rotatable bonds is 7. The zero-order valence-corrected chi connectivity index (χ0v) is 17.4. The Morgan fingerprint density at radius 3 is 2.22 bits per heavy atom. The van der Waals surface area contributed by atoms with Gasteiger partial charge in [-0.15, -0.1) is 0 Å². The average molecular weight is 374 g/mol. The Labute approximate surface area is 164 Å². The van der Waals surface area contributed by atoms with Crippen molar-refractivity contribution in [3.05, 3.63) is 35.9 Å². The lowest BCUT2D eigenvalue weighted by Gasteiger charge is -2.34. The van der Waals surface area contributed by atoms with Crippen molar-refractivity contribution in [3.8, 4) is 0 Å². The third-order valence-corrected chi connectivity index (χ3v) is 5.62. The van der Waals surface area contributed by atoms with E-state index in [1.807, 2.05) is 48.9 Å². The van der Waals surface area contributed by atoms with Gasteiger partial charge in [-0.3, -0.25) is 9.59 Å². The van der Waals surface area contributed by atoms with E-state index in [1.165, 1.54) is 5.56 Å². The summed E-state index contributed by atoms with van der Waals surface area (Å²) in [4.78, 5) is 28.8. The smallest absolute Gasteiger partial charge is 0.236 e. The minimum atomic E-state index is 0.0436. The van der Waals surface area contributed by atoms with Gasteiger partial charge < -0.3 is 15.1 Å². The molecule has 1 aliphatic heterocycles. The number of nitrogens with one attached hydrogen (secondary N) is 1. The molecule has 27 heavy (non-hydrogen) atoms. The molecule has 1 aliphatic rings. The van der Waals surface area contributed by atoms with Crippen molar-refractivity contribution in [2.75, 3.05) is 26.7 Å². The first kappa shape index (κ1) is 21.4. The van der Waals surface area contributed by atoms with Gasteiger partial charge in [-0.1, -0.05) is 44.2 Å². The summed E-state index contributed by atoms with van der Waals surface area (Å²) in [6, 6.07) is 10.7. The fraction of sp³-hybridized carbons (Fsp3) is 0.636. The monoisotopic (exact) mass is 373 g/mol. The van der Waals surface area contributed by atoms with Crippen LogP contribution in [0.2, 0.25) is 0 Å². The predicted octanol–water partition coefficient (Wildman–Crippen LogP) is 3.08. The number of piperidine rings is 1. The minimum Gasteiger partial charge on any atom is -0.343 e. The summed E-state index contributed by atoms with van der Waals surface area (Å²) in [5, 5.41) is 3.43. The van der Waals surface area contributed by atoms with Crippen LogP contribution in [0.25, 0.3) is 0 Å². The molecule has 0 aliphatic carbocycles. The lowest BCUT2D eigenvalue weighted by Crippen LogP contribution is -2.47. The number of nitrogens with zero attached hydrogens (tertiary/aromatic N) is 2. The third kappa shape index (κ3) is 5.80. The van der Waals surface area contributed by atoms with Gasteiger partial charge in [-0.05, 0) is 38.2 Å². The van der Waals surface area contributed by atoms with Crippen LogP contribution < -0.4 is 5.32 Å². The zero-order valence-electron chi connectivity index (χ0n) is 17.4. The highest BCUT2D eigenvalue weighted by Gasteiger charge is 2.30. The number of carbonyl (C=O) groups excluding carboxylic acids is 2. The molecule has 0 radical (unpaired) electrons. The lowest BCUT2D eigenvalue weighted by molar-refractivity contribution is -0.140. The van der Waals surface area contributed by atoms with Crippen LogP contribution in [-0.2, 0) is 9.59 Å². The maximum Gasteiger partial charge on any atom is 0.236 e. The normalized spacial score (nSPS) is 16.6. The standard InChI is InChI=1S/C22H35N3O2/c1-16(2)21(18-9-7-6-8-10-18)23-15-20(26)25-13-11-19(12-14-25)22(27)24(5)17(3)4/h6-10,16-17,19,21,23H,11-15H2,1-5H3. The Hall–Kier alpha value is -1.88. The highest BCUT2D eigenvalue weighted by atomic mass is 16.2. The topological polar surface area (TPSA) is 52.7 Å². The SMILES string of the molecule is CC(C)C(NCC(=O)N1CCC(C(=O)N(C)C(C)C)CC1)c1ccccc1. The van der Waals surface area contributed by atoms with Crippen molar-refractivity contribution in [3.63, 3.8) is 0 Å². The number of benzene rings is 1. The van der Waals surface area contributed by atoms with Crippen molar-refractivity contribution < 1.29 is 9.59 Å². The third-order valence-electron chi connectivity index (χ3n) is 5.62. The van der Waals surface area contributed by atoms with Crippen LogP contribution >= 0.6 is 0 Å². The first-order valence-corrected chi connectivity index (χ1v) is 10.1. The highest BCUT2D eigenvalue weighted by Crippen LogP contribution is 2.22. The Kier molecular flexibility index (Phi) is 7.84. The predicted molar refractivity (Wildman–Crippen MR) is 109 cm³/mol. The number of amides is 2. The van der Waals surface area contributed by atoms with Crippen LogP contribution in [0.3, 0.4) is 0 Å². The van der Waals surface area contributed by atoms with E-state index in [2.05, 4.69) is 31.3 Å². The first-order valence-electron chi connectivity index (χ1n) is 10.1. The molecule has 1 saturated heterocycles. The summed E-state index contributed by atoms with van der Waals surface area (Å²) in [5.74, 6) is 0.774. The quantitative estimate of drug-likeness (QED) is 0.799. The van der Waals surface area contributed by atoms with E-state index in [9.17, 15) is 9.59 Å². The van der Waals surface area contributed by atoms with E-state index in [0.717, 1.165) is 12.8 Å². The fourth-order valence-corrected chi connectivity index (χ4v) is 3.63. The van der Waals surface area contributed by atoms with Crippen molar-refractivity contribution in [1.29, 1.82) is 0 Å². The summed E-state index contributed by atoms with van der Waals surface area (Å²) in [6.07, 6.45) is 1.52. The van der Waals surface area contributed by atoms with Gasteiger partial charge in [0.05, 0.1) is 6.54 Å². The van der Waals surface area contributed by atoms with Crippen LogP contribution in [-0.4, -0.2) is 54.3 Å². The summed E-state index contributed by atoms with van der Waals surface area (Å²) in [7, 11) is 1.87. The molecule has 2 amide bonds. The van der Waals surface area contributed by atoms with Crippen LogP contribution in [0.4, 0.5) is 0 Å². The second kappa shape index (κ2) is 9.88. The molecule has 1 fully saturated rings. The fourth-order valence-electron chi connectivity index (χ4n) is 3.63. The second-order valence-corrected chi connectivity index (χ2v) is 8.21. The maximum atomic E-state index is 12.6. The number of hydrogen-bond donors (Lipinski definition) is 1. The van der Waals surface area contributed by atoms with Crippen molar-refractivity contribution in [1.82, 2.24) is 15.1 Å². The lowest BCUT2D eigenvalue weighted by atomic mass is 9.94. The largest absolute Gasteiger partial charge is 0.343 e. The summed E-state index contributed by atoms with van der Waals surface area (Å²) >= 11 is 0. The van der Waals surface area contributed by atoms with Crippen molar-refractivity contribution >= 4 is 11.8 Å². The average Bonchev–Trinajstić information content (AvgIpc) is 2.67. The number of carbonyl (C=O) groups is 2. The van der Waals surface area contributed by atoms with Crippen LogP contribution in [0.15, 0.2) is 30.3 Å². The van der Waals surface area contributed by atoms with Gasteiger partial charge in [0.15, 0.2) is 0 Å². The molecule has 2 rings (SSSR count). The van der Waals surface area contributed by atoms with Crippen LogP contribution in [0.1, 0.15) is 52.1 Å². The number of likely N-dealkylation sites (tertiary alicyclic amines) is 1. The highest BCUT2D eigenvalue weighted by molar-refractivity contribution is 5.81. The van der Waals surface area contributed by atoms with E-state index >= 15 is 0 Å². The summed E-state index contributed by atoms with van der Waals surface area (Å²) < 4.78 is 0. The molecule has 0 aromatic heterocycles. The molecule has 1 heterocycles. The molecule has 0 spiro atoms. The summed E-state index contributed by atoms with van der Waals surface area (Å²) in [6.45, 7) is 10.1. The molecular formula is C22H35N3O2. The molecule has 1 N–H and O–H groups in total. The minimum absolute atomic E-state index is 0.0436. The van der Waals surface area contributed by atoms with Crippen molar-refractivity contribution in [2.45, 2.75) is 52.6 Å². The van der Waals surface area contributed by atoms with Gasteiger partial charge in [0.1, 0.15) is 0 Å². The van der Waals surface area contributed by atoms with Crippen LogP contribution in [0, 0.1) is 11.8 Å². The Morgan fingerprint density at radius 2 is 1.70 bits per heavy atom. The van der Waals surface area contributed by atoms with Gasteiger partial charge in [-0.2, -0.15) is 0 Å². The molecular weight excluding hydrogens is 338 g/mol. The van der Waals surface area contributed by atoms with E-state index in [4.69, 9.17) is 0 Å². The van der Waals surface area contributed by atoms with E-state index in [-0.39, 0.29) is 29.8 Å². The molecule has 1 atom stereocenters. The van der Waals surface area contributed by atoms with Gasteiger partial charge >= 0.3 is 0 Å². The van der Waals surface area contributed by atoms with Gasteiger partial charge in [0, 0.05) is 38.1 Å².